The van der Waals surface area contributed by atoms with Crippen molar-refractivity contribution in [2.45, 2.75) is 6.42 Å². The van der Waals surface area contributed by atoms with E-state index in [9.17, 15) is 4.79 Å². The normalized spacial score (nSPS) is 11.1. The van der Waals surface area contributed by atoms with Gasteiger partial charge in [-0.15, -0.1) is 11.3 Å². The molecule has 0 spiro atoms. The van der Waals surface area contributed by atoms with Crippen LogP contribution >= 0.6 is 22.9 Å². The predicted molar refractivity (Wildman–Crippen MR) is 112 cm³/mol. The van der Waals surface area contributed by atoms with E-state index in [-0.39, 0.29) is 11.7 Å². The number of amides is 1. The van der Waals surface area contributed by atoms with Crippen LogP contribution < -0.4 is 11.1 Å². The van der Waals surface area contributed by atoms with E-state index >= 15 is 0 Å². The molecule has 5 N–H and O–H groups in total. The number of halogens is 1. The van der Waals surface area contributed by atoms with Crippen molar-refractivity contribution in [3.63, 3.8) is 0 Å². The van der Waals surface area contributed by atoms with E-state index in [1.165, 1.54) is 11.3 Å². The van der Waals surface area contributed by atoms with Crippen molar-refractivity contribution < 1.29 is 4.79 Å². The second-order valence-corrected chi connectivity index (χ2v) is 7.81. The number of carbonyl (C=O) groups excluding carboxylic acids is 1. The maximum atomic E-state index is 12.4. The SMILES string of the molecule is N=C(N)c1c[nH]c2ccc(CCNC(=O)c3cc4ccc(Cl)cc4s3)cc12. The van der Waals surface area contributed by atoms with Gasteiger partial charge in [-0.3, -0.25) is 10.2 Å². The topological polar surface area (TPSA) is 94.8 Å². The Morgan fingerprint density at radius 3 is 2.89 bits per heavy atom. The molecule has 0 unspecified atom stereocenters. The van der Waals surface area contributed by atoms with Gasteiger partial charge in [-0.1, -0.05) is 23.7 Å². The summed E-state index contributed by atoms with van der Waals surface area (Å²) < 4.78 is 1.00. The molecule has 0 fully saturated rings. The van der Waals surface area contributed by atoms with Crippen LogP contribution in [-0.4, -0.2) is 23.3 Å². The molecular formula is C20H17ClN4OS. The smallest absolute Gasteiger partial charge is 0.261 e. The Morgan fingerprint density at radius 2 is 2.07 bits per heavy atom. The summed E-state index contributed by atoms with van der Waals surface area (Å²) in [5.41, 5.74) is 8.33. The van der Waals surface area contributed by atoms with Gasteiger partial charge in [-0.2, -0.15) is 0 Å². The summed E-state index contributed by atoms with van der Waals surface area (Å²) in [4.78, 5) is 16.2. The number of hydrogen-bond donors (Lipinski definition) is 4. The maximum Gasteiger partial charge on any atom is 0.261 e. The summed E-state index contributed by atoms with van der Waals surface area (Å²) in [6.45, 7) is 0.527. The van der Waals surface area contributed by atoms with Crippen LogP contribution in [0.15, 0.2) is 48.7 Å². The molecule has 2 aromatic heterocycles. The van der Waals surface area contributed by atoms with Gasteiger partial charge < -0.3 is 16.0 Å². The summed E-state index contributed by atoms with van der Waals surface area (Å²) in [7, 11) is 0. The number of nitrogen functional groups attached to an aromatic ring is 1. The van der Waals surface area contributed by atoms with Gasteiger partial charge in [-0.25, -0.2) is 0 Å². The van der Waals surface area contributed by atoms with E-state index in [2.05, 4.69) is 10.3 Å². The van der Waals surface area contributed by atoms with Gasteiger partial charge in [0.25, 0.3) is 5.91 Å². The second kappa shape index (κ2) is 7.06. The van der Waals surface area contributed by atoms with Crippen LogP contribution in [0.25, 0.3) is 21.0 Å². The molecule has 7 heteroatoms. The number of carbonyl (C=O) groups is 1. The number of fused-ring (bicyclic) bond motifs is 2. The Bertz CT molecular complexity index is 1180. The molecule has 2 heterocycles. The molecule has 27 heavy (non-hydrogen) atoms. The van der Waals surface area contributed by atoms with Crippen molar-refractivity contribution in [3.05, 3.63) is 69.7 Å². The number of aromatic nitrogens is 1. The van der Waals surface area contributed by atoms with Crippen LogP contribution in [0, 0.1) is 5.41 Å². The van der Waals surface area contributed by atoms with Crippen LogP contribution in [0.1, 0.15) is 20.8 Å². The Hall–Kier alpha value is -2.83. The number of thiophene rings is 1. The minimum Gasteiger partial charge on any atom is -0.384 e. The first kappa shape index (κ1) is 17.6. The van der Waals surface area contributed by atoms with Gasteiger partial charge in [0.1, 0.15) is 5.84 Å². The van der Waals surface area contributed by atoms with Crippen LogP contribution in [-0.2, 0) is 6.42 Å². The maximum absolute atomic E-state index is 12.4. The van der Waals surface area contributed by atoms with Gasteiger partial charge in [0.05, 0.1) is 4.88 Å². The van der Waals surface area contributed by atoms with Crippen molar-refractivity contribution >= 4 is 55.7 Å². The van der Waals surface area contributed by atoms with E-state index in [1.54, 1.807) is 6.20 Å². The molecule has 0 atom stereocenters. The highest BCUT2D eigenvalue weighted by Crippen LogP contribution is 2.28. The van der Waals surface area contributed by atoms with Crippen LogP contribution in [0.5, 0.6) is 0 Å². The lowest BCUT2D eigenvalue weighted by Crippen LogP contribution is -2.24. The quantitative estimate of drug-likeness (QED) is 0.299. The lowest BCUT2D eigenvalue weighted by atomic mass is 10.1. The summed E-state index contributed by atoms with van der Waals surface area (Å²) in [5.74, 6) is -0.0453. The highest BCUT2D eigenvalue weighted by Gasteiger charge is 2.11. The molecule has 0 saturated carbocycles. The van der Waals surface area contributed by atoms with Crippen LogP contribution in [0.4, 0.5) is 0 Å². The third-order valence-electron chi connectivity index (χ3n) is 4.44. The van der Waals surface area contributed by atoms with E-state index in [0.717, 1.165) is 26.6 Å². The van der Waals surface area contributed by atoms with Gasteiger partial charge in [0.2, 0.25) is 0 Å². The van der Waals surface area contributed by atoms with Gasteiger partial charge in [-0.05, 0) is 47.7 Å². The molecule has 4 aromatic rings. The molecule has 136 valence electrons. The fourth-order valence-electron chi connectivity index (χ4n) is 3.07. The third-order valence-corrected chi connectivity index (χ3v) is 5.77. The van der Waals surface area contributed by atoms with Crippen molar-refractivity contribution in [2.75, 3.05) is 6.54 Å². The predicted octanol–water partition coefficient (Wildman–Crippen LogP) is 4.29. The molecule has 0 aliphatic rings. The average Bonchev–Trinajstić information content (AvgIpc) is 3.24. The molecule has 2 aromatic carbocycles. The van der Waals surface area contributed by atoms with Crippen molar-refractivity contribution in [1.82, 2.24) is 10.3 Å². The van der Waals surface area contributed by atoms with E-state index in [1.807, 2.05) is 42.5 Å². The number of H-pyrrole nitrogens is 1. The lowest BCUT2D eigenvalue weighted by molar-refractivity contribution is 0.0958. The number of nitrogens with one attached hydrogen (secondary N) is 3. The number of amidine groups is 1. The van der Waals surface area contributed by atoms with Crippen molar-refractivity contribution in [2.24, 2.45) is 5.73 Å². The molecule has 1 amide bonds. The summed E-state index contributed by atoms with van der Waals surface area (Å²) in [6.07, 6.45) is 2.44. The number of aromatic amines is 1. The Balaban J connectivity index is 1.44. The fourth-order valence-corrected chi connectivity index (χ4v) is 4.33. The molecular weight excluding hydrogens is 380 g/mol. The lowest BCUT2D eigenvalue weighted by Gasteiger charge is -2.05. The van der Waals surface area contributed by atoms with Crippen LogP contribution in [0.3, 0.4) is 0 Å². The average molecular weight is 397 g/mol. The number of hydrogen-bond acceptors (Lipinski definition) is 3. The third kappa shape index (κ3) is 3.54. The molecule has 0 aliphatic heterocycles. The summed E-state index contributed by atoms with van der Waals surface area (Å²) >= 11 is 7.44. The molecule has 0 bridgehead atoms. The van der Waals surface area contributed by atoms with E-state index < -0.39 is 0 Å². The van der Waals surface area contributed by atoms with E-state index in [0.29, 0.717) is 28.4 Å². The minimum absolute atomic E-state index is 0.0385. The van der Waals surface area contributed by atoms with E-state index in [4.69, 9.17) is 22.7 Å². The molecule has 0 saturated heterocycles. The zero-order valence-electron chi connectivity index (χ0n) is 14.3. The van der Waals surface area contributed by atoms with Crippen molar-refractivity contribution in [1.29, 1.82) is 5.41 Å². The number of benzene rings is 2. The molecule has 5 nitrogen and oxygen atoms in total. The largest absolute Gasteiger partial charge is 0.384 e. The van der Waals surface area contributed by atoms with Gasteiger partial charge >= 0.3 is 0 Å². The number of rotatable bonds is 5. The van der Waals surface area contributed by atoms with Crippen molar-refractivity contribution in [3.8, 4) is 0 Å². The second-order valence-electron chi connectivity index (χ2n) is 6.29. The highest BCUT2D eigenvalue weighted by atomic mass is 35.5. The Morgan fingerprint density at radius 1 is 1.22 bits per heavy atom. The fraction of sp³-hybridized carbons (Fsp3) is 0.100. The summed E-state index contributed by atoms with van der Waals surface area (Å²) in [5, 5.41) is 13.2. The first-order chi connectivity index (χ1) is 13.0. The highest BCUT2D eigenvalue weighted by molar-refractivity contribution is 7.20. The Labute approximate surface area is 164 Å². The standard InChI is InChI=1S/C20H17ClN4OS/c21-13-3-2-12-8-18(27-17(12)9-13)20(26)24-6-5-11-1-4-16-14(7-11)15(10-25-16)19(22)23/h1-4,7-10,25H,5-6H2,(H3,22,23)(H,24,26). The molecule has 0 aliphatic carbocycles. The molecule has 0 radical (unpaired) electrons. The number of nitrogens with two attached hydrogens (primary N) is 1. The van der Waals surface area contributed by atoms with Crippen LogP contribution in [0.2, 0.25) is 5.02 Å². The van der Waals surface area contributed by atoms with Gasteiger partial charge in [0.15, 0.2) is 0 Å². The zero-order valence-corrected chi connectivity index (χ0v) is 15.9. The minimum atomic E-state index is -0.0838. The Kier molecular flexibility index (Phi) is 4.59. The first-order valence-electron chi connectivity index (χ1n) is 8.43. The zero-order chi connectivity index (χ0) is 19.0. The molecule has 4 rings (SSSR count). The van der Waals surface area contributed by atoms with Gasteiger partial charge in [0, 0.05) is 38.9 Å². The summed E-state index contributed by atoms with van der Waals surface area (Å²) in [6, 6.07) is 13.5. The monoisotopic (exact) mass is 396 g/mol. The first-order valence-corrected chi connectivity index (χ1v) is 9.62.